The van der Waals surface area contributed by atoms with E-state index in [0.717, 1.165) is 11.1 Å². The second-order valence-electron chi connectivity index (χ2n) is 6.00. The van der Waals surface area contributed by atoms with Crippen molar-refractivity contribution in [3.8, 4) is 11.5 Å². The van der Waals surface area contributed by atoms with Gasteiger partial charge < -0.3 is 9.73 Å². The van der Waals surface area contributed by atoms with Gasteiger partial charge in [0.25, 0.3) is 10.5 Å². The van der Waals surface area contributed by atoms with Crippen LogP contribution in [0.5, 0.6) is 0 Å². The van der Waals surface area contributed by atoms with Crippen molar-refractivity contribution in [3.63, 3.8) is 0 Å². The van der Waals surface area contributed by atoms with Crippen molar-refractivity contribution < 1.29 is 14.1 Å². The van der Waals surface area contributed by atoms with Crippen LogP contribution in [0, 0.1) is 28.8 Å². The van der Waals surface area contributed by atoms with E-state index in [1.807, 2.05) is 31.2 Å². The van der Waals surface area contributed by atoms with Crippen molar-refractivity contribution in [2.75, 3.05) is 5.32 Å². The maximum atomic E-state index is 12.3. The summed E-state index contributed by atoms with van der Waals surface area (Å²) in [5.74, 6) is -0.105. The van der Waals surface area contributed by atoms with Crippen LogP contribution in [0.3, 0.4) is 0 Å². The second kappa shape index (κ2) is 7.50. The first-order valence-corrected chi connectivity index (χ1v) is 8.44. The van der Waals surface area contributed by atoms with E-state index in [1.54, 1.807) is 19.1 Å². The van der Waals surface area contributed by atoms with Gasteiger partial charge >= 0.3 is 0 Å². The highest BCUT2D eigenvalue weighted by Crippen LogP contribution is 2.22. The Kier molecular flexibility index (Phi) is 5.13. The Hall–Kier alpha value is -3.33. The number of carbonyl (C=O) groups excluding carboxylic acids is 1. The molecule has 3 rings (SSSR count). The third-order valence-electron chi connectivity index (χ3n) is 3.89. The molecule has 9 heteroatoms. The first-order valence-electron chi connectivity index (χ1n) is 8.03. The number of amides is 1. The van der Waals surface area contributed by atoms with Crippen LogP contribution in [0.2, 0.25) is 0 Å². The lowest BCUT2D eigenvalue weighted by molar-refractivity contribution is -0.385. The maximum Gasteiger partial charge on any atom is 0.287 e. The summed E-state index contributed by atoms with van der Waals surface area (Å²) in [6.45, 7) is 3.43. The van der Waals surface area contributed by atoms with Gasteiger partial charge in [0.1, 0.15) is 6.54 Å². The topological polar surface area (TPSA) is 103 Å². The smallest absolute Gasteiger partial charge is 0.287 e. The Morgan fingerprint density at radius 1 is 1.26 bits per heavy atom. The predicted octanol–water partition coefficient (Wildman–Crippen LogP) is 4.04. The maximum absolute atomic E-state index is 12.3. The summed E-state index contributed by atoms with van der Waals surface area (Å²) in [7, 11) is 0. The number of aromatic nitrogens is 2. The highest BCUT2D eigenvalue weighted by Gasteiger charge is 2.14. The quantitative estimate of drug-likeness (QED) is 0.405. The van der Waals surface area contributed by atoms with E-state index in [-0.39, 0.29) is 17.1 Å². The van der Waals surface area contributed by atoms with Crippen molar-refractivity contribution >= 4 is 29.5 Å². The zero-order chi connectivity index (χ0) is 19.6. The molecule has 0 atom stereocenters. The monoisotopic (exact) mass is 384 g/mol. The van der Waals surface area contributed by atoms with Crippen LogP contribution < -0.4 is 5.32 Å². The molecule has 1 aromatic heterocycles. The summed E-state index contributed by atoms with van der Waals surface area (Å²) in [5.41, 5.74) is 2.63. The number of hydrogen-bond donors (Lipinski definition) is 1. The van der Waals surface area contributed by atoms with E-state index >= 15 is 0 Å². The average Bonchev–Trinajstić information content (AvgIpc) is 2.97. The van der Waals surface area contributed by atoms with E-state index in [0.29, 0.717) is 17.1 Å². The van der Waals surface area contributed by atoms with Gasteiger partial charge in [-0.05, 0) is 44.3 Å². The lowest BCUT2D eigenvalue weighted by Crippen LogP contribution is -2.19. The van der Waals surface area contributed by atoms with Gasteiger partial charge in [0.05, 0.1) is 4.92 Å². The fraction of sp³-hybridized carbons (Fsp3) is 0.167. The minimum absolute atomic E-state index is 0.0625. The van der Waals surface area contributed by atoms with Gasteiger partial charge in [0, 0.05) is 22.9 Å². The Morgan fingerprint density at radius 3 is 2.63 bits per heavy atom. The molecule has 0 saturated carbocycles. The molecule has 27 heavy (non-hydrogen) atoms. The molecule has 8 nitrogen and oxygen atoms in total. The van der Waals surface area contributed by atoms with Gasteiger partial charge in [-0.25, -0.2) is 4.68 Å². The molecule has 138 valence electrons. The van der Waals surface area contributed by atoms with E-state index in [4.69, 9.17) is 16.6 Å². The van der Waals surface area contributed by atoms with Crippen molar-refractivity contribution in [3.05, 3.63) is 68.5 Å². The van der Waals surface area contributed by atoms with Gasteiger partial charge in [0.2, 0.25) is 11.8 Å². The third-order valence-corrected chi connectivity index (χ3v) is 4.18. The van der Waals surface area contributed by atoms with E-state index in [1.165, 1.54) is 10.7 Å². The molecule has 0 radical (unpaired) electrons. The fourth-order valence-corrected chi connectivity index (χ4v) is 2.62. The molecule has 1 N–H and O–H groups in total. The molecule has 0 saturated heterocycles. The standard InChI is InChI=1S/C18H16N4O4S/c1-11-3-6-13(7-4-11)17-20-21(18(27)26-17)10-16(23)19-14-8-5-12(2)15(9-14)22(24)25/h3-9H,10H2,1-2H3,(H,19,23). The molecule has 0 spiro atoms. The molecule has 0 aliphatic carbocycles. The fourth-order valence-electron chi connectivity index (χ4n) is 2.44. The van der Waals surface area contributed by atoms with Crippen LogP contribution in [0.4, 0.5) is 11.4 Å². The predicted molar refractivity (Wildman–Crippen MR) is 102 cm³/mol. The molecule has 0 fully saturated rings. The first kappa shape index (κ1) is 18.5. The van der Waals surface area contributed by atoms with Crippen LogP contribution in [0.15, 0.2) is 46.9 Å². The summed E-state index contributed by atoms with van der Waals surface area (Å²) in [6, 6.07) is 12.0. The molecule has 0 aliphatic heterocycles. The Balaban J connectivity index is 1.75. The molecule has 1 amide bonds. The van der Waals surface area contributed by atoms with Crippen LogP contribution >= 0.6 is 12.2 Å². The van der Waals surface area contributed by atoms with Gasteiger partial charge in [0.15, 0.2) is 0 Å². The van der Waals surface area contributed by atoms with Crippen LogP contribution in [0.25, 0.3) is 11.5 Å². The third kappa shape index (κ3) is 4.26. The first-order chi connectivity index (χ1) is 12.8. The Labute approximate surface area is 159 Å². The number of anilines is 1. The molecular formula is C18H16N4O4S. The van der Waals surface area contributed by atoms with Gasteiger partial charge in [-0.2, -0.15) is 0 Å². The highest BCUT2D eigenvalue weighted by molar-refractivity contribution is 7.71. The minimum atomic E-state index is -0.493. The van der Waals surface area contributed by atoms with Crippen LogP contribution in [0.1, 0.15) is 11.1 Å². The Morgan fingerprint density at radius 2 is 1.96 bits per heavy atom. The summed E-state index contributed by atoms with van der Waals surface area (Å²) in [5, 5.41) is 17.8. The number of nitro groups is 1. The molecular weight excluding hydrogens is 368 g/mol. The number of benzene rings is 2. The number of carbonyl (C=O) groups is 1. The molecule has 0 unspecified atom stereocenters. The van der Waals surface area contributed by atoms with Gasteiger partial charge in [-0.3, -0.25) is 14.9 Å². The summed E-state index contributed by atoms with van der Waals surface area (Å²) < 4.78 is 6.72. The Bertz CT molecular complexity index is 1070. The van der Waals surface area contributed by atoms with Gasteiger partial charge in [-0.1, -0.05) is 23.8 Å². The average molecular weight is 384 g/mol. The zero-order valence-electron chi connectivity index (χ0n) is 14.6. The molecule has 2 aromatic carbocycles. The lowest BCUT2D eigenvalue weighted by Gasteiger charge is -2.06. The zero-order valence-corrected chi connectivity index (χ0v) is 15.4. The number of nitrogens with one attached hydrogen (secondary N) is 1. The van der Waals surface area contributed by atoms with Gasteiger partial charge in [-0.15, -0.1) is 5.10 Å². The largest absolute Gasteiger partial charge is 0.409 e. The summed E-state index contributed by atoms with van der Waals surface area (Å²) in [6.07, 6.45) is 0. The molecule has 0 aliphatic rings. The number of hydrogen-bond acceptors (Lipinski definition) is 6. The van der Waals surface area contributed by atoms with Crippen LogP contribution in [-0.4, -0.2) is 20.6 Å². The number of nitrogens with zero attached hydrogens (tertiary/aromatic N) is 3. The van der Waals surface area contributed by atoms with E-state index in [2.05, 4.69) is 10.4 Å². The van der Waals surface area contributed by atoms with Crippen molar-refractivity contribution in [1.29, 1.82) is 0 Å². The number of rotatable bonds is 5. The lowest BCUT2D eigenvalue weighted by atomic mass is 10.1. The van der Waals surface area contributed by atoms with Crippen LogP contribution in [-0.2, 0) is 11.3 Å². The summed E-state index contributed by atoms with van der Waals surface area (Å²) >= 11 is 5.12. The highest BCUT2D eigenvalue weighted by atomic mass is 32.1. The second-order valence-corrected chi connectivity index (χ2v) is 6.35. The van der Waals surface area contributed by atoms with E-state index in [9.17, 15) is 14.9 Å². The van der Waals surface area contributed by atoms with Crippen molar-refractivity contribution in [2.24, 2.45) is 0 Å². The molecule has 0 bridgehead atoms. The van der Waals surface area contributed by atoms with E-state index < -0.39 is 10.8 Å². The SMILES string of the molecule is Cc1ccc(-c2nn(CC(=O)Nc3ccc(C)c([N+](=O)[O-])c3)c(=S)o2)cc1. The summed E-state index contributed by atoms with van der Waals surface area (Å²) in [4.78, 5) is 22.8. The molecule has 3 aromatic rings. The van der Waals surface area contributed by atoms with Crippen molar-refractivity contribution in [1.82, 2.24) is 9.78 Å². The molecule has 1 heterocycles. The normalized spacial score (nSPS) is 10.6. The number of nitro benzene ring substituents is 1. The number of aryl methyl sites for hydroxylation is 2. The minimum Gasteiger partial charge on any atom is -0.409 e. The van der Waals surface area contributed by atoms with Crippen molar-refractivity contribution in [2.45, 2.75) is 20.4 Å².